The second-order valence-corrected chi connectivity index (χ2v) is 2.92. The van der Waals surface area contributed by atoms with Gasteiger partial charge in [-0.15, -0.1) is 0 Å². The molecule has 0 fully saturated rings. The molecule has 6 nitrogen and oxygen atoms in total. The van der Waals surface area contributed by atoms with Crippen molar-refractivity contribution in [1.82, 2.24) is 10.1 Å². The Balaban J connectivity index is 2.01. The predicted octanol–water partition coefficient (Wildman–Crippen LogP) is 0.751. The van der Waals surface area contributed by atoms with Crippen molar-refractivity contribution in [3.05, 3.63) is 40.6 Å². The van der Waals surface area contributed by atoms with Crippen molar-refractivity contribution >= 4 is 0 Å². The Kier molecular flexibility index (Phi) is 2.90. The molecule has 0 saturated heterocycles. The molecule has 16 heavy (non-hydrogen) atoms. The fourth-order valence-electron chi connectivity index (χ4n) is 1.10. The number of aromatic amines is 1. The van der Waals surface area contributed by atoms with E-state index in [0.717, 1.165) is 0 Å². The van der Waals surface area contributed by atoms with E-state index in [9.17, 15) is 4.79 Å². The number of nitrogens with one attached hydrogen (secondary N) is 1. The third-order valence-electron chi connectivity index (χ3n) is 1.83. The van der Waals surface area contributed by atoms with E-state index in [2.05, 4.69) is 20.7 Å². The molecule has 2 aromatic rings. The number of nitrogens with zero attached hydrogens (tertiary/aromatic N) is 1. The van der Waals surface area contributed by atoms with Crippen LogP contribution in [0.3, 0.4) is 0 Å². The lowest BCUT2D eigenvalue weighted by molar-refractivity contribution is 0.283. The minimum Gasteiger partial charge on any atom is -0.497 e. The van der Waals surface area contributed by atoms with Gasteiger partial charge in [0.05, 0.1) is 7.11 Å². The van der Waals surface area contributed by atoms with Gasteiger partial charge in [0.15, 0.2) is 5.82 Å². The van der Waals surface area contributed by atoms with E-state index in [0.29, 0.717) is 17.3 Å². The molecule has 1 aromatic carbocycles. The van der Waals surface area contributed by atoms with Crippen LogP contribution in [0, 0.1) is 6.07 Å². The second-order valence-electron chi connectivity index (χ2n) is 2.92. The molecule has 0 saturated carbocycles. The highest BCUT2D eigenvalue weighted by atomic mass is 16.5. The molecule has 0 spiro atoms. The summed E-state index contributed by atoms with van der Waals surface area (Å²) in [4.78, 5) is 13.0. The number of benzene rings is 1. The summed E-state index contributed by atoms with van der Waals surface area (Å²) in [6, 6.07) is 7.98. The molecule has 2 rings (SSSR count). The van der Waals surface area contributed by atoms with Crippen LogP contribution in [0.25, 0.3) is 0 Å². The maximum atomic E-state index is 10.6. The number of aromatic nitrogens is 2. The van der Waals surface area contributed by atoms with Crippen molar-refractivity contribution in [1.29, 1.82) is 0 Å². The highest BCUT2D eigenvalue weighted by molar-refractivity contribution is 5.31. The van der Waals surface area contributed by atoms with E-state index in [1.165, 1.54) is 0 Å². The molecule has 1 aromatic heterocycles. The van der Waals surface area contributed by atoms with Crippen molar-refractivity contribution in [3.63, 3.8) is 0 Å². The van der Waals surface area contributed by atoms with Gasteiger partial charge in [-0.3, -0.25) is 9.51 Å². The summed E-state index contributed by atoms with van der Waals surface area (Å²) in [5, 5.41) is 3.46. The standard InChI is InChI=1S/C10H9N2O4/c1-14-7-3-2-4-8(5-7)15-6-9-11-10(13)16-12-9/h2-3,5H,6H2,1H3,(H,11,12,13). The quantitative estimate of drug-likeness (QED) is 0.824. The van der Waals surface area contributed by atoms with Crippen molar-refractivity contribution in [2.45, 2.75) is 6.61 Å². The maximum Gasteiger partial charge on any atom is 0.439 e. The average molecular weight is 221 g/mol. The van der Waals surface area contributed by atoms with Gasteiger partial charge in [0, 0.05) is 12.1 Å². The number of methoxy groups -OCH3 is 1. The van der Waals surface area contributed by atoms with Gasteiger partial charge < -0.3 is 9.47 Å². The van der Waals surface area contributed by atoms with E-state index in [1.54, 1.807) is 25.3 Å². The summed E-state index contributed by atoms with van der Waals surface area (Å²) in [7, 11) is 1.56. The summed E-state index contributed by atoms with van der Waals surface area (Å²) in [5.74, 6) is 0.889. The summed E-state index contributed by atoms with van der Waals surface area (Å²) in [6.07, 6.45) is 0. The lowest BCUT2D eigenvalue weighted by Gasteiger charge is -2.04. The Morgan fingerprint density at radius 1 is 1.62 bits per heavy atom. The van der Waals surface area contributed by atoms with Gasteiger partial charge in [0.2, 0.25) is 0 Å². The van der Waals surface area contributed by atoms with Crippen LogP contribution in [0.5, 0.6) is 11.5 Å². The molecule has 6 heteroatoms. The highest BCUT2D eigenvalue weighted by Gasteiger charge is 2.02. The fraction of sp³-hybridized carbons (Fsp3) is 0.200. The number of ether oxygens (including phenoxy) is 2. The van der Waals surface area contributed by atoms with Crippen LogP contribution in [-0.2, 0) is 6.61 Å². The van der Waals surface area contributed by atoms with Crippen LogP contribution in [-0.4, -0.2) is 17.3 Å². The van der Waals surface area contributed by atoms with Crippen LogP contribution >= 0.6 is 0 Å². The molecule has 0 aliphatic heterocycles. The Morgan fingerprint density at radius 2 is 2.50 bits per heavy atom. The molecule has 83 valence electrons. The van der Waals surface area contributed by atoms with Crippen molar-refractivity contribution in [2.24, 2.45) is 0 Å². The van der Waals surface area contributed by atoms with Gasteiger partial charge in [-0.05, 0) is 12.1 Å². The van der Waals surface area contributed by atoms with Gasteiger partial charge in [0.25, 0.3) is 0 Å². The Labute approximate surface area is 90.8 Å². The topological polar surface area (TPSA) is 77.3 Å². The van der Waals surface area contributed by atoms with Crippen LogP contribution in [0.1, 0.15) is 5.82 Å². The molecule has 1 N–H and O–H groups in total. The molecule has 1 heterocycles. The smallest absolute Gasteiger partial charge is 0.439 e. The van der Waals surface area contributed by atoms with Gasteiger partial charge in [-0.25, -0.2) is 4.79 Å². The Hall–Kier alpha value is -2.24. The zero-order valence-corrected chi connectivity index (χ0v) is 8.52. The predicted molar refractivity (Wildman–Crippen MR) is 53.3 cm³/mol. The molecule has 0 aliphatic rings. The van der Waals surface area contributed by atoms with E-state index in [-0.39, 0.29) is 6.61 Å². The first-order valence-corrected chi connectivity index (χ1v) is 4.51. The molecular formula is C10H9N2O4. The van der Waals surface area contributed by atoms with Crippen molar-refractivity contribution in [3.8, 4) is 11.5 Å². The second kappa shape index (κ2) is 4.52. The lowest BCUT2D eigenvalue weighted by atomic mass is 10.3. The van der Waals surface area contributed by atoms with Crippen LogP contribution < -0.4 is 15.2 Å². The molecule has 0 amide bonds. The van der Waals surface area contributed by atoms with Crippen molar-refractivity contribution in [2.75, 3.05) is 7.11 Å². The van der Waals surface area contributed by atoms with E-state index in [4.69, 9.17) is 9.47 Å². The molecule has 1 radical (unpaired) electrons. The largest absolute Gasteiger partial charge is 0.497 e. The summed E-state index contributed by atoms with van der Waals surface area (Å²) in [5.41, 5.74) is 0. The van der Waals surface area contributed by atoms with Crippen molar-refractivity contribution < 1.29 is 14.0 Å². The SMILES string of the molecule is COc1cc[c]c(OCc2noc(=O)[nH]2)c1. The van der Waals surface area contributed by atoms with E-state index in [1.807, 2.05) is 0 Å². The first-order valence-electron chi connectivity index (χ1n) is 4.51. The normalized spacial score (nSPS) is 10.1. The molecule has 0 bridgehead atoms. The number of hydrogen-bond acceptors (Lipinski definition) is 5. The minimum atomic E-state index is -0.603. The van der Waals surface area contributed by atoms with Gasteiger partial charge in [0.1, 0.15) is 18.1 Å². The molecule has 0 aliphatic carbocycles. The van der Waals surface area contributed by atoms with Gasteiger partial charge >= 0.3 is 5.76 Å². The van der Waals surface area contributed by atoms with Gasteiger partial charge in [-0.1, -0.05) is 5.16 Å². The maximum absolute atomic E-state index is 10.6. The lowest BCUT2D eigenvalue weighted by Crippen LogP contribution is -2.01. The number of H-pyrrole nitrogens is 1. The third-order valence-corrected chi connectivity index (χ3v) is 1.83. The molecule has 0 atom stereocenters. The van der Waals surface area contributed by atoms with E-state index < -0.39 is 5.76 Å². The third kappa shape index (κ3) is 2.41. The average Bonchev–Trinajstić information content (AvgIpc) is 2.73. The monoisotopic (exact) mass is 221 g/mol. The van der Waals surface area contributed by atoms with Crippen LogP contribution in [0.4, 0.5) is 0 Å². The Bertz CT molecular complexity index is 517. The number of rotatable bonds is 4. The van der Waals surface area contributed by atoms with E-state index >= 15 is 0 Å². The first-order chi connectivity index (χ1) is 7.78. The van der Waals surface area contributed by atoms with Crippen LogP contribution in [0.15, 0.2) is 27.5 Å². The molecule has 0 unspecified atom stereocenters. The number of hydrogen-bond donors (Lipinski definition) is 1. The minimum absolute atomic E-state index is 0.107. The highest BCUT2D eigenvalue weighted by Crippen LogP contribution is 2.18. The fourth-order valence-corrected chi connectivity index (χ4v) is 1.10. The summed E-state index contributed by atoms with van der Waals surface area (Å²) in [6.45, 7) is 0.107. The zero-order valence-electron chi connectivity index (χ0n) is 8.52. The summed E-state index contributed by atoms with van der Waals surface area (Å²) < 4.78 is 14.7. The summed E-state index contributed by atoms with van der Waals surface area (Å²) >= 11 is 0. The Morgan fingerprint density at radius 3 is 3.19 bits per heavy atom. The van der Waals surface area contributed by atoms with Crippen LogP contribution in [0.2, 0.25) is 0 Å². The zero-order chi connectivity index (χ0) is 11.4. The van der Waals surface area contributed by atoms with Gasteiger partial charge in [-0.2, -0.15) is 0 Å². The first kappa shape index (κ1) is 10.3. The molecular weight excluding hydrogens is 212 g/mol.